The van der Waals surface area contributed by atoms with Crippen LogP contribution in [0, 0.1) is 0 Å². The summed E-state index contributed by atoms with van der Waals surface area (Å²) in [6.45, 7) is 0.483. The molecule has 2 rings (SSSR count). The number of thioether (sulfide) groups is 1. The predicted octanol–water partition coefficient (Wildman–Crippen LogP) is 2.48. The van der Waals surface area contributed by atoms with Crippen molar-refractivity contribution in [2.75, 3.05) is 20.0 Å². The summed E-state index contributed by atoms with van der Waals surface area (Å²) in [6.07, 6.45) is 2.91. The molecule has 1 aliphatic heterocycles. The van der Waals surface area contributed by atoms with E-state index >= 15 is 0 Å². The van der Waals surface area contributed by atoms with Crippen molar-refractivity contribution in [3.63, 3.8) is 0 Å². The number of benzene rings is 1. The van der Waals surface area contributed by atoms with E-state index in [1.54, 1.807) is 18.9 Å². The van der Waals surface area contributed by atoms with Crippen molar-refractivity contribution < 1.29 is 14.3 Å². The summed E-state index contributed by atoms with van der Waals surface area (Å²) >= 11 is 1.70. The van der Waals surface area contributed by atoms with Crippen LogP contribution in [0.5, 0.6) is 0 Å². The van der Waals surface area contributed by atoms with Gasteiger partial charge in [-0.2, -0.15) is 0 Å². The highest BCUT2D eigenvalue weighted by Crippen LogP contribution is 2.31. The standard InChI is InChI=1S/C14H17NO3S/c1-17-9-12-14(18-13(15-12)7-8-16)10-3-5-11(19-2)6-4-10/h3-6,8,12,14H,7,9H2,1-2H3. The third kappa shape index (κ3) is 3.36. The van der Waals surface area contributed by atoms with Crippen LogP contribution in [0.2, 0.25) is 0 Å². The van der Waals surface area contributed by atoms with E-state index in [1.165, 1.54) is 4.90 Å². The SMILES string of the molecule is COCC1N=C(CC=O)OC1c1ccc(SC)cc1. The van der Waals surface area contributed by atoms with E-state index in [0.717, 1.165) is 11.8 Å². The van der Waals surface area contributed by atoms with Gasteiger partial charge in [0.05, 0.1) is 13.0 Å². The third-order valence-corrected chi connectivity index (χ3v) is 3.71. The number of aliphatic imine (C=N–C) groups is 1. The first kappa shape index (κ1) is 14.1. The van der Waals surface area contributed by atoms with Crippen molar-refractivity contribution in [1.82, 2.24) is 0 Å². The molecular weight excluding hydrogens is 262 g/mol. The Morgan fingerprint density at radius 2 is 2.16 bits per heavy atom. The van der Waals surface area contributed by atoms with E-state index in [9.17, 15) is 4.79 Å². The van der Waals surface area contributed by atoms with Gasteiger partial charge in [0, 0.05) is 12.0 Å². The lowest BCUT2D eigenvalue weighted by Gasteiger charge is -2.17. The number of rotatable bonds is 6. The smallest absolute Gasteiger partial charge is 0.191 e. The molecule has 2 unspecified atom stereocenters. The van der Waals surface area contributed by atoms with E-state index in [1.807, 2.05) is 18.4 Å². The molecule has 0 saturated carbocycles. The van der Waals surface area contributed by atoms with Gasteiger partial charge in [0.2, 0.25) is 0 Å². The summed E-state index contributed by atoms with van der Waals surface area (Å²) in [6, 6.07) is 8.12. The normalized spacial score (nSPS) is 21.9. The third-order valence-electron chi connectivity index (χ3n) is 2.96. The highest BCUT2D eigenvalue weighted by Gasteiger charge is 2.31. The zero-order valence-electron chi connectivity index (χ0n) is 11.0. The minimum atomic E-state index is -0.161. The summed E-state index contributed by atoms with van der Waals surface area (Å²) in [5.41, 5.74) is 1.06. The molecule has 0 amide bonds. The maximum atomic E-state index is 10.6. The second-order valence-corrected chi connectivity index (χ2v) is 5.11. The summed E-state index contributed by atoms with van der Waals surface area (Å²) in [4.78, 5) is 16.2. The first-order valence-electron chi connectivity index (χ1n) is 6.08. The van der Waals surface area contributed by atoms with Gasteiger partial charge in [0.15, 0.2) is 5.90 Å². The Bertz CT molecular complexity index is 458. The average molecular weight is 279 g/mol. The fourth-order valence-electron chi connectivity index (χ4n) is 2.06. The molecule has 1 aromatic rings. The van der Waals surface area contributed by atoms with Crippen LogP contribution in [0.15, 0.2) is 34.2 Å². The highest BCUT2D eigenvalue weighted by atomic mass is 32.2. The van der Waals surface area contributed by atoms with Gasteiger partial charge in [-0.05, 0) is 24.0 Å². The topological polar surface area (TPSA) is 47.9 Å². The average Bonchev–Trinajstić information content (AvgIpc) is 2.83. The van der Waals surface area contributed by atoms with Gasteiger partial charge in [-0.15, -0.1) is 11.8 Å². The molecule has 0 spiro atoms. The quantitative estimate of drug-likeness (QED) is 0.593. The molecule has 4 nitrogen and oxygen atoms in total. The fraction of sp³-hybridized carbons (Fsp3) is 0.429. The van der Waals surface area contributed by atoms with Crippen LogP contribution >= 0.6 is 11.8 Å². The van der Waals surface area contributed by atoms with Crippen LogP contribution in [0.1, 0.15) is 18.1 Å². The van der Waals surface area contributed by atoms with Gasteiger partial charge in [-0.1, -0.05) is 12.1 Å². The first-order chi connectivity index (χ1) is 9.28. The van der Waals surface area contributed by atoms with Crippen LogP contribution in [-0.2, 0) is 14.3 Å². The monoisotopic (exact) mass is 279 g/mol. The Kier molecular flexibility index (Phi) is 4.99. The van der Waals surface area contributed by atoms with Gasteiger partial charge in [0.1, 0.15) is 18.4 Å². The Morgan fingerprint density at radius 1 is 1.42 bits per heavy atom. The molecule has 0 bridgehead atoms. The Labute approximate surface area is 117 Å². The molecule has 0 aromatic heterocycles. The van der Waals surface area contributed by atoms with E-state index < -0.39 is 0 Å². The zero-order chi connectivity index (χ0) is 13.7. The van der Waals surface area contributed by atoms with Crippen molar-refractivity contribution in [3.05, 3.63) is 29.8 Å². The van der Waals surface area contributed by atoms with Crippen molar-refractivity contribution in [2.24, 2.45) is 4.99 Å². The highest BCUT2D eigenvalue weighted by molar-refractivity contribution is 7.98. The van der Waals surface area contributed by atoms with E-state index in [-0.39, 0.29) is 18.6 Å². The predicted molar refractivity (Wildman–Crippen MR) is 75.8 cm³/mol. The van der Waals surface area contributed by atoms with Crippen LogP contribution in [0.3, 0.4) is 0 Å². The lowest BCUT2D eigenvalue weighted by molar-refractivity contribution is -0.107. The van der Waals surface area contributed by atoms with E-state index in [0.29, 0.717) is 12.5 Å². The van der Waals surface area contributed by atoms with Gasteiger partial charge < -0.3 is 14.3 Å². The molecule has 0 saturated heterocycles. The van der Waals surface area contributed by atoms with Crippen molar-refractivity contribution in [1.29, 1.82) is 0 Å². The molecule has 1 aromatic carbocycles. The number of hydrogen-bond acceptors (Lipinski definition) is 5. The van der Waals surface area contributed by atoms with Crippen molar-refractivity contribution in [3.8, 4) is 0 Å². The number of methoxy groups -OCH3 is 1. The minimum absolute atomic E-state index is 0.0833. The summed E-state index contributed by atoms with van der Waals surface area (Å²) in [7, 11) is 1.64. The Balaban J connectivity index is 2.15. The van der Waals surface area contributed by atoms with Crippen LogP contribution < -0.4 is 0 Å². The molecule has 0 radical (unpaired) electrons. The molecule has 2 atom stereocenters. The lowest BCUT2D eigenvalue weighted by Crippen LogP contribution is -2.19. The summed E-state index contributed by atoms with van der Waals surface area (Å²) < 4.78 is 10.9. The number of ether oxygens (including phenoxy) is 2. The largest absolute Gasteiger partial charge is 0.470 e. The number of hydrogen-bond donors (Lipinski definition) is 0. The number of aldehydes is 1. The molecule has 5 heteroatoms. The maximum Gasteiger partial charge on any atom is 0.191 e. The van der Waals surface area contributed by atoms with E-state index in [2.05, 4.69) is 17.1 Å². The first-order valence-corrected chi connectivity index (χ1v) is 7.30. The zero-order valence-corrected chi connectivity index (χ0v) is 11.9. The van der Waals surface area contributed by atoms with Crippen LogP contribution in [0.25, 0.3) is 0 Å². The molecule has 0 N–H and O–H groups in total. The Hall–Kier alpha value is -1.33. The summed E-state index contributed by atoms with van der Waals surface area (Å²) in [5, 5.41) is 0. The number of carbonyl (C=O) groups excluding carboxylic acids is 1. The van der Waals surface area contributed by atoms with Gasteiger partial charge >= 0.3 is 0 Å². The Morgan fingerprint density at radius 3 is 2.74 bits per heavy atom. The molecule has 19 heavy (non-hydrogen) atoms. The molecule has 102 valence electrons. The molecule has 1 aliphatic rings. The van der Waals surface area contributed by atoms with Gasteiger partial charge in [-0.3, -0.25) is 0 Å². The van der Waals surface area contributed by atoms with Crippen molar-refractivity contribution >= 4 is 23.9 Å². The fourth-order valence-corrected chi connectivity index (χ4v) is 2.47. The van der Waals surface area contributed by atoms with Crippen LogP contribution in [0.4, 0.5) is 0 Å². The molecule has 0 fully saturated rings. The van der Waals surface area contributed by atoms with Gasteiger partial charge in [-0.25, -0.2) is 4.99 Å². The summed E-state index contributed by atoms with van der Waals surface area (Å²) in [5.74, 6) is 0.496. The second kappa shape index (κ2) is 6.73. The lowest BCUT2D eigenvalue weighted by atomic mass is 10.0. The molecular formula is C14H17NO3S. The minimum Gasteiger partial charge on any atom is -0.470 e. The number of carbonyl (C=O) groups is 1. The number of nitrogens with zero attached hydrogens (tertiary/aromatic N) is 1. The molecule has 1 heterocycles. The van der Waals surface area contributed by atoms with E-state index in [4.69, 9.17) is 9.47 Å². The maximum absolute atomic E-state index is 10.6. The van der Waals surface area contributed by atoms with Crippen molar-refractivity contribution in [2.45, 2.75) is 23.5 Å². The second-order valence-electron chi connectivity index (χ2n) is 4.23. The molecule has 0 aliphatic carbocycles. The van der Waals surface area contributed by atoms with Gasteiger partial charge in [0.25, 0.3) is 0 Å². The van der Waals surface area contributed by atoms with Crippen LogP contribution in [-0.4, -0.2) is 38.2 Å².